The van der Waals surface area contributed by atoms with Gasteiger partial charge in [-0.3, -0.25) is 9.89 Å². The normalized spacial score (nSPS) is 12.0. The Morgan fingerprint density at radius 3 is 3.00 bits per heavy atom. The summed E-state index contributed by atoms with van der Waals surface area (Å²) in [5.41, 5.74) is 6.75. The van der Waals surface area contributed by atoms with E-state index >= 15 is 0 Å². The van der Waals surface area contributed by atoms with Crippen molar-refractivity contribution in [3.05, 3.63) is 47.2 Å². The van der Waals surface area contributed by atoms with Crippen LogP contribution in [0.25, 0.3) is 0 Å². The number of ether oxygens (including phenoxy) is 1. The zero-order valence-electron chi connectivity index (χ0n) is 12.3. The summed E-state index contributed by atoms with van der Waals surface area (Å²) < 4.78 is 5.56. The van der Waals surface area contributed by atoms with E-state index in [0.717, 1.165) is 5.69 Å². The highest BCUT2D eigenvalue weighted by atomic mass is 35.5. The van der Waals surface area contributed by atoms with Crippen molar-refractivity contribution in [1.29, 1.82) is 0 Å². The number of nitrogens with two attached hydrogens (primary N) is 1. The van der Waals surface area contributed by atoms with Crippen molar-refractivity contribution in [1.82, 2.24) is 15.1 Å². The number of amides is 1. The Kier molecular flexibility index (Phi) is 5.80. The van der Waals surface area contributed by atoms with E-state index in [1.165, 1.54) is 0 Å². The van der Waals surface area contributed by atoms with Crippen LogP contribution in [0.2, 0.25) is 5.02 Å². The maximum atomic E-state index is 12.2. The quantitative estimate of drug-likeness (QED) is 0.808. The minimum absolute atomic E-state index is 0.135. The van der Waals surface area contributed by atoms with Gasteiger partial charge in [-0.1, -0.05) is 17.7 Å². The number of halogens is 1. The first kappa shape index (κ1) is 16.3. The van der Waals surface area contributed by atoms with Gasteiger partial charge in [0.25, 0.3) is 0 Å². The van der Waals surface area contributed by atoms with Crippen LogP contribution in [-0.2, 0) is 11.2 Å². The first-order valence-corrected chi connectivity index (χ1v) is 7.31. The molecule has 118 valence electrons. The Labute approximate surface area is 134 Å². The van der Waals surface area contributed by atoms with E-state index in [1.54, 1.807) is 36.3 Å². The lowest BCUT2D eigenvalue weighted by molar-refractivity contribution is -0.131. The van der Waals surface area contributed by atoms with E-state index in [0.29, 0.717) is 30.3 Å². The van der Waals surface area contributed by atoms with Gasteiger partial charge in [0.1, 0.15) is 12.4 Å². The van der Waals surface area contributed by atoms with Gasteiger partial charge in [-0.25, -0.2) is 0 Å². The monoisotopic (exact) mass is 322 g/mol. The van der Waals surface area contributed by atoms with Crippen LogP contribution in [0.1, 0.15) is 5.69 Å². The van der Waals surface area contributed by atoms with Crippen LogP contribution >= 0.6 is 11.6 Å². The lowest BCUT2D eigenvalue weighted by Crippen LogP contribution is -2.44. The van der Waals surface area contributed by atoms with E-state index in [-0.39, 0.29) is 5.91 Å². The summed E-state index contributed by atoms with van der Waals surface area (Å²) in [5.74, 6) is 0.541. The average molecular weight is 323 g/mol. The SMILES string of the molecule is CN(CCOc1cccc(Cl)c1)C(=O)[C@H](N)Cc1ccn[nH]1. The highest BCUT2D eigenvalue weighted by molar-refractivity contribution is 6.30. The topological polar surface area (TPSA) is 84.2 Å². The van der Waals surface area contributed by atoms with E-state index in [1.807, 2.05) is 12.1 Å². The molecule has 1 aromatic carbocycles. The molecular formula is C15H19ClN4O2. The number of likely N-dealkylation sites (N-methyl/N-ethyl adjacent to an activating group) is 1. The molecule has 2 rings (SSSR count). The zero-order valence-corrected chi connectivity index (χ0v) is 13.1. The Bertz CT molecular complexity index is 603. The molecule has 0 saturated heterocycles. The molecule has 0 bridgehead atoms. The fourth-order valence-corrected chi connectivity index (χ4v) is 2.15. The van der Waals surface area contributed by atoms with Gasteiger partial charge in [-0.15, -0.1) is 0 Å². The lowest BCUT2D eigenvalue weighted by Gasteiger charge is -2.21. The first-order valence-electron chi connectivity index (χ1n) is 6.93. The fourth-order valence-electron chi connectivity index (χ4n) is 1.97. The fraction of sp³-hybridized carbons (Fsp3) is 0.333. The van der Waals surface area contributed by atoms with Crippen LogP contribution in [0, 0.1) is 0 Å². The molecule has 1 atom stereocenters. The number of H-pyrrole nitrogens is 1. The summed E-state index contributed by atoms with van der Waals surface area (Å²) in [6.07, 6.45) is 2.06. The average Bonchev–Trinajstić information content (AvgIpc) is 2.99. The number of nitrogens with zero attached hydrogens (tertiary/aromatic N) is 2. The van der Waals surface area contributed by atoms with E-state index in [9.17, 15) is 4.79 Å². The number of carbonyl (C=O) groups excluding carboxylic acids is 1. The van der Waals surface area contributed by atoms with Crippen LogP contribution in [0.3, 0.4) is 0 Å². The third-order valence-electron chi connectivity index (χ3n) is 3.18. The van der Waals surface area contributed by atoms with Gasteiger partial charge in [-0.2, -0.15) is 5.10 Å². The molecule has 0 saturated carbocycles. The number of carbonyl (C=O) groups is 1. The molecule has 0 aliphatic heterocycles. The summed E-state index contributed by atoms with van der Waals surface area (Å²) >= 11 is 5.88. The van der Waals surface area contributed by atoms with Crippen LogP contribution < -0.4 is 10.5 Å². The number of hydrogen-bond donors (Lipinski definition) is 2. The Morgan fingerprint density at radius 2 is 2.32 bits per heavy atom. The van der Waals surface area contributed by atoms with Crippen molar-refractivity contribution in [2.24, 2.45) is 5.73 Å². The molecule has 6 nitrogen and oxygen atoms in total. The summed E-state index contributed by atoms with van der Waals surface area (Å²) in [6.45, 7) is 0.821. The van der Waals surface area contributed by atoms with Gasteiger partial charge in [0.15, 0.2) is 0 Å². The minimum atomic E-state index is -0.600. The molecule has 0 aliphatic carbocycles. The smallest absolute Gasteiger partial charge is 0.239 e. The van der Waals surface area contributed by atoms with Gasteiger partial charge >= 0.3 is 0 Å². The maximum Gasteiger partial charge on any atom is 0.239 e. The largest absolute Gasteiger partial charge is 0.492 e. The second kappa shape index (κ2) is 7.82. The van der Waals surface area contributed by atoms with Gasteiger partial charge in [0.2, 0.25) is 5.91 Å². The van der Waals surface area contributed by atoms with Crippen LogP contribution in [0.5, 0.6) is 5.75 Å². The van der Waals surface area contributed by atoms with Crippen molar-refractivity contribution < 1.29 is 9.53 Å². The molecule has 0 fully saturated rings. The number of rotatable bonds is 7. The number of benzene rings is 1. The third kappa shape index (κ3) is 4.75. The molecule has 7 heteroatoms. The van der Waals surface area contributed by atoms with Gasteiger partial charge in [-0.05, 0) is 24.3 Å². The predicted octanol–water partition coefficient (Wildman–Crippen LogP) is 1.47. The van der Waals surface area contributed by atoms with Gasteiger partial charge in [0.05, 0.1) is 12.6 Å². The summed E-state index contributed by atoms with van der Waals surface area (Å²) in [4.78, 5) is 13.7. The third-order valence-corrected chi connectivity index (χ3v) is 3.42. The van der Waals surface area contributed by atoms with Crippen molar-refractivity contribution in [3.8, 4) is 5.75 Å². The minimum Gasteiger partial charge on any atom is -0.492 e. The Balaban J connectivity index is 1.76. The van der Waals surface area contributed by atoms with Crippen molar-refractivity contribution in [2.45, 2.75) is 12.5 Å². The predicted molar refractivity (Wildman–Crippen MR) is 84.9 cm³/mol. The standard InChI is InChI=1S/C15H19ClN4O2/c1-20(7-8-22-13-4-2-3-11(16)9-13)15(21)14(17)10-12-5-6-18-19-12/h2-6,9,14H,7-8,10,17H2,1H3,(H,18,19)/t14-/m1/s1. The maximum absolute atomic E-state index is 12.2. The summed E-state index contributed by atoms with van der Waals surface area (Å²) in [5, 5.41) is 7.24. The summed E-state index contributed by atoms with van der Waals surface area (Å²) in [7, 11) is 1.70. The van der Waals surface area contributed by atoms with Crippen LogP contribution in [0.4, 0.5) is 0 Å². The molecule has 0 unspecified atom stereocenters. The Morgan fingerprint density at radius 1 is 1.50 bits per heavy atom. The van der Waals surface area contributed by atoms with Crippen LogP contribution in [0.15, 0.2) is 36.5 Å². The summed E-state index contributed by atoms with van der Waals surface area (Å²) in [6, 6.07) is 8.34. The van der Waals surface area contributed by atoms with E-state index < -0.39 is 6.04 Å². The van der Waals surface area contributed by atoms with Crippen molar-refractivity contribution in [2.75, 3.05) is 20.2 Å². The van der Waals surface area contributed by atoms with Gasteiger partial charge < -0.3 is 15.4 Å². The molecule has 1 amide bonds. The van der Waals surface area contributed by atoms with Gasteiger partial charge in [0, 0.05) is 30.4 Å². The second-order valence-corrected chi connectivity index (χ2v) is 5.39. The lowest BCUT2D eigenvalue weighted by atomic mass is 10.1. The second-order valence-electron chi connectivity index (χ2n) is 4.96. The van der Waals surface area contributed by atoms with Crippen LogP contribution in [-0.4, -0.2) is 47.2 Å². The van der Waals surface area contributed by atoms with E-state index in [4.69, 9.17) is 22.1 Å². The zero-order chi connectivity index (χ0) is 15.9. The van der Waals surface area contributed by atoms with Crippen molar-refractivity contribution >= 4 is 17.5 Å². The molecule has 1 aromatic heterocycles. The molecule has 0 radical (unpaired) electrons. The molecule has 1 heterocycles. The van der Waals surface area contributed by atoms with Crippen molar-refractivity contribution in [3.63, 3.8) is 0 Å². The highest BCUT2D eigenvalue weighted by Gasteiger charge is 2.18. The number of nitrogens with one attached hydrogen (secondary N) is 1. The Hall–Kier alpha value is -2.05. The first-order chi connectivity index (χ1) is 10.6. The molecule has 2 aromatic rings. The molecule has 0 aliphatic rings. The molecular weight excluding hydrogens is 304 g/mol. The number of hydrogen-bond acceptors (Lipinski definition) is 4. The van der Waals surface area contributed by atoms with E-state index in [2.05, 4.69) is 10.2 Å². The molecule has 3 N–H and O–H groups in total. The number of aromatic amines is 1. The molecule has 22 heavy (non-hydrogen) atoms. The highest BCUT2D eigenvalue weighted by Crippen LogP contribution is 2.16. The number of aromatic nitrogens is 2. The molecule has 0 spiro atoms.